The lowest BCUT2D eigenvalue weighted by atomic mass is 9.99. The van der Waals surface area contributed by atoms with Crippen LogP contribution in [0.3, 0.4) is 0 Å². The number of ether oxygens (including phenoxy) is 1. The molecule has 222 valence electrons. The van der Waals surface area contributed by atoms with Crippen molar-refractivity contribution in [3.8, 4) is 0 Å². The third-order valence-corrected chi connectivity index (χ3v) is 6.72. The lowest BCUT2D eigenvalue weighted by Gasteiger charge is -2.25. The highest BCUT2D eigenvalue weighted by molar-refractivity contribution is 7.99. The minimum Gasteiger partial charge on any atom is -0.481 e. The highest BCUT2D eigenvalue weighted by Crippen LogP contribution is 2.48. The van der Waals surface area contributed by atoms with E-state index in [0.29, 0.717) is 11.8 Å². The molecule has 0 aromatic heterocycles. The smallest absolute Gasteiger partial charge is 0.418 e. The van der Waals surface area contributed by atoms with Gasteiger partial charge in [-0.3, -0.25) is 9.59 Å². The van der Waals surface area contributed by atoms with Gasteiger partial charge in [0.15, 0.2) is 0 Å². The molecule has 0 spiro atoms. The van der Waals surface area contributed by atoms with Gasteiger partial charge in [0.05, 0.1) is 24.3 Å². The lowest BCUT2D eigenvalue weighted by molar-refractivity contribution is -0.163. The van der Waals surface area contributed by atoms with Crippen LogP contribution >= 0.6 is 11.8 Å². The zero-order chi connectivity index (χ0) is 30.2. The Balaban J connectivity index is 1.88. The summed E-state index contributed by atoms with van der Waals surface area (Å²) < 4.78 is 89.7. The molecule has 0 aliphatic carbocycles. The SMILES string of the molecule is O=C(O)CCCNC(=O)Nc1cccc(Sc2ccc(/C=C/C(=O)N3CCOCC3)c(C(F)(F)F)c2C(F)(F)F)c1. The van der Waals surface area contributed by atoms with E-state index in [-0.39, 0.29) is 56.3 Å². The lowest BCUT2D eigenvalue weighted by Crippen LogP contribution is -2.39. The molecule has 1 aliphatic rings. The van der Waals surface area contributed by atoms with Crippen molar-refractivity contribution in [3.05, 3.63) is 59.2 Å². The van der Waals surface area contributed by atoms with Crippen LogP contribution in [0.25, 0.3) is 6.08 Å². The molecule has 0 bridgehead atoms. The molecule has 3 rings (SSSR count). The second-order valence-electron chi connectivity index (χ2n) is 8.68. The van der Waals surface area contributed by atoms with Gasteiger partial charge in [-0.2, -0.15) is 26.3 Å². The molecule has 0 radical (unpaired) electrons. The molecule has 2 aromatic rings. The van der Waals surface area contributed by atoms with Gasteiger partial charge in [0, 0.05) is 47.6 Å². The zero-order valence-electron chi connectivity index (χ0n) is 21.3. The monoisotopic (exact) mass is 605 g/mol. The number of carboxylic acid groups (broad SMARTS) is 1. The van der Waals surface area contributed by atoms with E-state index in [4.69, 9.17) is 9.84 Å². The van der Waals surface area contributed by atoms with E-state index in [1.165, 1.54) is 29.2 Å². The van der Waals surface area contributed by atoms with Crippen molar-refractivity contribution in [2.75, 3.05) is 38.2 Å². The van der Waals surface area contributed by atoms with Crippen molar-refractivity contribution in [1.82, 2.24) is 10.2 Å². The van der Waals surface area contributed by atoms with Gasteiger partial charge < -0.3 is 25.4 Å². The summed E-state index contributed by atoms with van der Waals surface area (Å²) in [5.74, 6) is -1.68. The van der Waals surface area contributed by atoms with Crippen LogP contribution in [0.2, 0.25) is 0 Å². The molecule has 1 fully saturated rings. The first-order valence-corrected chi connectivity index (χ1v) is 13.0. The molecule has 1 heterocycles. The number of nitrogens with zero attached hydrogens (tertiary/aromatic N) is 1. The second kappa shape index (κ2) is 13.8. The Labute approximate surface area is 234 Å². The van der Waals surface area contributed by atoms with Crippen LogP contribution < -0.4 is 10.6 Å². The number of amides is 3. The zero-order valence-corrected chi connectivity index (χ0v) is 22.1. The second-order valence-corrected chi connectivity index (χ2v) is 9.79. The van der Waals surface area contributed by atoms with E-state index >= 15 is 0 Å². The minimum atomic E-state index is -5.40. The molecule has 1 saturated heterocycles. The molecule has 3 amide bonds. The molecule has 15 heteroatoms. The van der Waals surface area contributed by atoms with Gasteiger partial charge >= 0.3 is 24.4 Å². The largest absolute Gasteiger partial charge is 0.481 e. The molecule has 0 unspecified atom stereocenters. The summed E-state index contributed by atoms with van der Waals surface area (Å²) >= 11 is 0.423. The van der Waals surface area contributed by atoms with Gasteiger partial charge in [0.1, 0.15) is 0 Å². The summed E-state index contributed by atoms with van der Waals surface area (Å²) in [4.78, 5) is 35.6. The average Bonchev–Trinajstić information content (AvgIpc) is 2.89. The number of morpholine rings is 1. The molecule has 0 saturated carbocycles. The van der Waals surface area contributed by atoms with Crippen molar-refractivity contribution in [3.63, 3.8) is 0 Å². The first kappa shape index (κ1) is 31.8. The number of nitrogens with one attached hydrogen (secondary N) is 2. The van der Waals surface area contributed by atoms with Gasteiger partial charge in [-0.15, -0.1) is 0 Å². The van der Waals surface area contributed by atoms with Gasteiger partial charge in [-0.25, -0.2) is 4.79 Å². The number of anilines is 1. The number of urea groups is 1. The number of hydrogen-bond donors (Lipinski definition) is 3. The fourth-order valence-electron chi connectivity index (χ4n) is 3.84. The Morgan fingerprint density at radius 1 is 1.00 bits per heavy atom. The molecular formula is C26H25F6N3O5S. The van der Waals surface area contributed by atoms with Crippen molar-refractivity contribution >= 4 is 41.4 Å². The Hall–Kier alpha value is -3.72. The van der Waals surface area contributed by atoms with Crippen molar-refractivity contribution < 1.29 is 50.6 Å². The molecule has 0 atom stereocenters. The maximum atomic E-state index is 14.1. The fourth-order valence-corrected chi connectivity index (χ4v) is 4.88. The van der Waals surface area contributed by atoms with Crippen molar-refractivity contribution in [1.29, 1.82) is 0 Å². The van der Waals surface area contributed by atoms with Crippen LogP contribution in [0, 0.1) is 0 Å². The van der Waals surface area contributed by atoms with E-state index in [0.717, 1.165) is 24.3 Å². The van der Waals surface area contributed by atoms with Crippen molar-refractivity contribution in [2.45, 2.75) is 35.0 Å². The number of carbonyl (C=O) groups excluding carboxylic acids is 2. The standard InChI is InChI=1S/C26H25F6N3O5S/c27-25(28,29)22-16(7-9-20(36)35-11-13-40-14-12-35)6-8-19(23(22)26(30,31)32)41-18-4-1-3-17(15-18)34-24(39)33-10-2-5-21(37)38/h1,3-4,6-9,15H,2,5,10-14H2,(H,37,38)(H2,33,34,39)/b9-7+. The number of halogens is 6. The Morgan fingerprint density at radius 3 is 2.32 bits per heavy atom. The molecule has 41 heavy (non-hydrogen) atoms. The molecule has 3 N–H and O–H groups in total. The summed E-state index contributed by atoms with van der Waals surface area (Å²) in [5, 5.41) is 13.5. The highest BCUT2D eigenvalue weighted by Gasteiger charge is 2.46. The summed E-state index contributed by atoms with van der Waals surface area (Å²) in [6, 6.07) is 6.54. The van der Waals surface area contributed by atoms with Crippen LogP contribution in [0.4, 0.5) is 36.8 Å². The first-order valence-electron chi connectivity index (χ1n) is 12.2. The van der Waals surface area contributed by atoms with Crippen LogP contribution in [-0.2, 0) is 26.7 Å². The number of rotatable bonds is 9. The number of carbonyl (C=O) groups is 3. The van der Waals surface area contributed by atoms with E-state index in [1.54, 1.807) is 0 Å². The Kier molecular flexibility index (Phi) is 10.7. The molecule has 8 nitrogen and oxygen atoms in total. The van der Waals surface area contributed by atoms with Crippen LogP contribution in [0.15, 0.2) is 52.3 Å². The van der Waals surface area contributed by atoms with Crippen LogP contribution in [-0.4, -0.2) is 60.8 Å². The number of alkyl halides is 6. The van der Waals surface area contributed by atoms with E-state index in [9.17, 15) is 40.7 Å². The number of benzene rings is 2. The highest BCUT2D eigenvalue weighted by atomic mass is 32.2. The Morgan fingerprint density at radius 2 is 1.68 bits per heavy atom. The fraction of sp³-hybridized carbons (Fsp3) is 0.346. The Bertz CT molecular complexity index is 1290. The third-order valence-electron chi connectivity index (χ3n) is 5.67. The average molecular weight is 606 g/mol. The van der Waals surface area contributed by atoms with E-state index < -0.39 is 51.8 Å². The topological polar surface area (TPSA) is 108 Å². The summed E-state index contributed by atoms with van der Waals surface area (Å²) in [6.45, 7) is 0.954. The predicted molar refractivity (Wildman–Crippen MR) is 137 cm³/mol. The summed E-state index contributed by atoms with van der Waals surface area (Å²) in [7, 11) is 0. The molecule has 2 aromatic carbocycles. The van der Waals surface area contributed by atoms with Crippen LogP contribution in [0.5, 0.6) is 0 Å². The predicted octanol–water partition coefficient (Wildman–Crippen LogP) is 5.73. The first-order chi connectivity index (χ1) is 19.3. The maximum Gasteiger partial charge on any atom is 0.418 e. The minimum absolute atomic E-state index is 0.0561. The third kappa shape index (κ3) is 9.42. The van der Waals surface area contributed by atoms with Gasteiger partial charge in [0.25, 0.3) is 0 Å². The normalized spacial score (nSPS) is 14.2. The van der Waals surface area contributed by atoms with Gasteiger partial charge in [0.2, 0.25) is 5.91 Å². The number of carboxylic acids is 1. The van der Waals surface area contributed by atoms with E-state index in [1.807, 2.05) is 0 Å². The van der Waals surface area contributed by atoms with Gasteiger partial charge in [-0.05, 0) is 42.3 Å². The molecular weight excluding hydrogens is 580 g/mol. The van der Waals surface area contributed by atoms with Gasteiger partial charge in [-0.1, -0.05) is 23.9 Å². The number of hydrogen-bond acceptors (Lipinski definition) is 5. The molecule has 1 aliphatic heterocycles. The van der Waals surface area contributed by atoms with Crippen molar-refractivity contribution in [2.24, 2.45) is 0 Å². The number of aliphatic carboxylic acids is 1. The van der Waals surface area contributed by atoms with E-state index in [2.05, 4.69) is 10.6 Å². The van der Waals surface area contributed by atoms with Crippen LogP contribution in [0.1, 0.15) is 29.5 Å². The summed E-state index contributed by atoms with van der Waals surface area (Å²) in [5.41, 5.74) is -4.48. The quantitative estimate of drug-likeness (QED) is 0.191. The maximum absolute atomic E-state index is 14.1. The summed E-state index contributed by atoms with van der Waals surface area (Å²) in [6.07, 6.45) is -9.24.